The normalized spacial score (nSPS) is 30.7. The van der Waals surface area contributed by atoms with Crippen molar-refractivity contribution >= 4 is 66.4 Å². The van der Waals surface area contributed by atoms with Crippen molar-refractivity contribution in [2.45, 2.75) is 140 Å². The third-order valence-corrected chi connectivity index (χ3v) is 22.7. The van der Waals surface area contributed by atoms with Crippen LogP contribution >= 0.6 is 23.2 Å². The lowest BCUT2D eigenvalue weighted by Crippen LogP contribution is -2.49. The summed E-state index contributed by atoms with van der Waals surface area (Å²) in [6.07, 6.45) is 18.4. The highest BCUT2D eigenvalue weighted by Gasteiger charge is 2.46. The highest BCUT2D eigenvalue weighted by Crippen LogP contribution is 2.50. The summed E-state index contributed by atoms with van der Waals surface area (Å²) in [6.45, 7) is 9.31. The van der Waals surface area contributed by atoms with Gasteiger partial charge in [-0.3, -0.25) is 9.59 Å². The lowest BCUT2D eigenvalue weighted by Gasteiger charge is -2.46. The average molecular weight is 1140 g/mol. The zero-order valence-electron chi connectivity index (χ0n) is 45.5. The number of amides is 2. The van der Waals surface area contributed by atoms with Crippen LogP contribution in [0.15, 0.2) is 72.8 Å². The first-order valence-electron chi connectivity index (χ1n) is 29.2. The van der Waals surface area contributed by atoms with Gasteiger partial charge >= 0.3 is 0 Å². The van der Waals surface area contributed by atoms with Crippen LogP contribution in [-0.4, -0.2) is 79.5 Å². The van der Waals surface area contributed by atoms with Gasteiger partial charge in [0.2, 0.25) is 20.0 Å². The molecular weight excluding hydrogens is 1060 g/mol. The molecule has 2 amide bonds. The summed E-state index contributed by atoms with van der Waals surface area (Å²) in [7, 11) is -7.37. The van der Waals surface area contributed by atoms with Gasteiger partial charge in [-0.05, 0) is 195 Å². The van der Waals surface area contributed by atoms with Crippen molar-refractivity contribution in [1.29, 1.82) is 0 Å². The Morgan fingerprint density at radius 2 is 0.962 bits per heavy atom. The van der Waals surface area contributed by atoms with E-state index in [0.29, 0.717) is 72.7 Å². The lowest BCUT2D eigenvalue weighted by atomic mass is 9.65. The predicted molar refractivity (Wildman–Crippen MR) is 311 cm³/mol. The summed E-state index contributed by atoms with van der Waals surface area (Å²) >= 11 is 12.8. The molecule has 12 rings (SSSR count). The Hall–Kier alpha value is -4.50. The van der Waals surface area contributed by atoms with Crippen LogP contribution in [0.3, 0.4) is 0 Å². The topological polar surface area (TPSA) is 151 Å². The molecule has 2 saturated carbocycles. The molecule has 2 spiro atoms. The molecule has 2 N–H and O–H groups in total. The molecule has 0 unspecified atom stereocenters. The minimum atomic E-state index is -3.69. The van der Waals surface area contributed by atoms with Crippen molar-refractivity contribution in [3.05, 3.63) is 116 Å². The largest absolute Gasteiger partial charge is 0.490 e. The number of fused-ring (bicyclic) bond motifs is 8. The fraction of sp³-hybridized carbons (Fsp3) is 0.581. The fourth-order valence-electron chi connectivity index (χ4n) is 15.0. The Labute approximate surface area is 473 Å². The molecule has 4 aliphatic carbocycles. The number of hydrogen-bond donors (Lipinski definition) is 2. The highest BCUT2D eigenvalue weighted by molar-refractivity contribution is 7.90. The van der Waals surface area contributed by atoms with Crippen molar-refractivity contribution < 1.29 is 35.9 Å². The summed E-state index contributed by atoms with van der Waals surface area (Å²) in [5, 5.41) is 1.54. The number of anilines is 2. The van der Waals surface area contributed by atoms with E-state index in [1.54, 1.807) is 12.1 Å². The van der Waals surface area contributed by atoms with Gasteiger partial charge in [0.15, 0.2) is 0 Å². The number of carbonyl (C=O) groups is 2. The second kappa shape index (κ2) is 22.8. The number of benzene rings is 4. The van der Waals surface area contributed by atoms with Gasteiger partial charge in [-0.25, -0.2) is 26.3 Å². The number of sulfonamides is 2. The average Bonchev–Trinajstić information content (AvgIpc) is 3.72. The smallest absolute Gasteiger partial charge is 0.264 e. The lowest BCUT2D eigenvalue weighted by molar-refractivity contribution is 0.0972. The Morgan fingerprint density at radius 3 is 1.37 bits per heavy atom. The van der Waals surface area contributed by atoms with Gasteiger partial charge in [-0.15, -0.1) is 0 Å². The number of ether oxygens (including phenoxy) is 2. The Bertz CT molecular complexity index is 2930. The van der Waals surface area contributed by atoms with Gasteiger partial charge in [0.25, 0.3) is 11.8 Å². The second-order valence-electron chi connectivity index (χ2n) is 24.7. The molecule has 4 aliphatic heterocycles. The van der Waals surface area contributed by atoms with Crippen molar-refractivity contribution in [2.75, 3.05) is 60.7 Å². The molecule has 0 aromatic heterocycles. The van der Waals surface area contributed by atoms with Crippen LogP contribution in [0.1, 0.15) is 160 Å². The molecule has 4 bridgehead atoms. The highest BCUT2D eigenvalue weighted by atomic mass is 35.5. The molecule has 420 valence electrons. The van der Waals surface area contributed by atoms with Crippen LogP contribution in [0.4, 0.5) is 11.4 Å². The summed E-state index contributed by atoms with van der Waals surface area (Å²) < 4.78 is 68.3. The molecule has 2 fully saturated rings. The molecule has 0 radical (unpaired) electrons. The first kappa shape index (κ1) is 55.4. The molecule has 12 nitrogen and oxygen atoms in total. The van der Waals surface area contributed by atoms with E-state index in [1.807, 2.05) is 36.4 Å². The van der Waals surface area contributed by atoms with Gasteiger partial charge in [0.05, 0.1) is 36.1 Å². The number of rotatable bonds is 0. The van der Waals surface area contributed by atoms with Crippen molar-refractivity contribution in [2.24, 2.45) is 35.5 Å². The van der Waals surface area contributed by atoms with Crippen LogP contribution in [0, 0.1) is 35.5 Å². The third kappa shape index (κ3) is 11.8. The molecule has 16 heteroatoms. The zero-order valence-corrected chi connectivity index (χ0v) is 48.7. The maximum absolute atomic E-state index is 13.1. The first-order chi connectivity index (χ1) is 37.5. The Kier molecular flexibility index (Phi) is 16.2. The van der Waals surface area contributed by atoms with Gasteiger partial charge < -0.3 is 19.3 Å². The molecule has 4 aromatic rings. The summed E-state index contributed by atoms with van der Waals surface area (Å²) in [5.74, 6) is 4.12. The van der Waals surface area contributed by atoms with E-state index in [2.05, 4.69) is 57.4 Å². The summed E-state index contributed by atoms with van der Waals surface area (Å²) in [6, 6.07) is 23.3. The van der Waals surface area contributed by atoms with Gasteiger partial charge in [0.1, 0.15) is 11.5 Å². The first-order valence-corrected chi connectivity index (χ1v) is 33.2. The number of halogens is 2. The van der Waals surface area contributed by atoms with E-state index in [9.17, 15) is 26.4 Å². The standard InChI is InChI=1S/2C31H39ClN2O4S/c2*1-21-6-3-2-4-15-39(36,37)33-30(35)23-9-13-29-28(17-23)34(18-24-8-11-26(21)24)19-31(20-38-29)14-5-7-22-16-25(32)10-12-27(22)31/h2*9-10,12-13,16-17,21,24,26H,2-8,11,14-15,18-20H2,1H3,(H,33,35)/t21-,24+,26+,31+;21-,24-,26-,31-/m10/s1. The SMILES string of the molecule is C[C@@H]1CCCCCS(=O)(=O)NC(=O)c2ccc3c(c2)N(C[C@@H]2CC[C@H]21)C[C@@]1(CCCc2cc(Cl)ccc21)CO3.C[C@H]1CCCCCS(=O)(=O)NC(=O)c2ccc3c(c2)N(C[C@@H]2CC[C@H]21)C[C@@]1(CCCc2cc(Cl)ccc21)CO3. The Morgan fingerprint density at radius 1 is 0.526 bits per heavy atom. The number of aryl methyl sites for hydroxylation is 2. The van der Waals surface area contributed by atoms with Crippen LogP contribution in [0.5, 0.6) is 11.5 Å². The fourth-order valence-corrected chi connectivity index (χ4v) is 17.6. The maximum Gasteiger partial charge on any atom is 0.264 e. The minimum Gasteiger partial charge on any atom is -0.490 e. The zero-order chi connectivity index (χ0) is 54.4. The third-order valence-electron chi connectivity index (χ3n) is 19.6. The maximum atomic E-state index is 13.1. The molecule has 8 aliphatic rings. The molecule has 8 atom stereocenters. The quantitative estimate of drug-likeness (QED) is 0.174. The summed E-state index contributed by atoms with van der Waals surface area (Å²) in [4.78, 5) is 31.1. The number of nitrogens with zero attached hydrogens (tertiary/aromatic N) is 2. The molecule has 4 aromatic carbocycles. The van der Waals surface area contributed by atoms with E-state index in [0.717, 1.165) is 136 Å². The molecule has 78 heavy (non-hydrogen) atoms. The van der Waals surface area contributed by atoms with E-state index in [1.165, 1.54) is 47.9 Å². The van der Waals surface area contributed by atoms with E-state index in [4.69, 9.17) is 32.7 Å². The van der Waals surface area contributed by atoms with Crippen LogP contribution in [0.2, 0.25) is 10.0 Å². The van der Waals surface area contributed by atoms with Crippen LogP contribution < -0.4 is 28.7 Å². The molecule has 0 saturated heterocycles. The van der Waals surface area contributed by atoms with E-state index < -0.39 is 31.9 Å². The number of carbonyl (C=O) groups excluding carboxylic acids is 2. The number of hydrogen-bond acceptors (Lipinski definition) is 10. The van der Waals surface area contributed by atoms with E-state index >= 15 is 0 Å². The van der Waals surface area contributed by atoms with Crippen LogP contribution in [0.25, 0.3) is 0 Å². The Balaban J connectivity index is 0.000000165. The van der Waals surface area contributed by atoms with Crippen LogP contribution in [-0.2, 0) is 43.7 Å². The van der Waals surface area contributed by atoms with Crippen molar-refractivity contribution in [3.8, 4) is 11.5 Å². The van der Waals surface area contributed by atoms with Crippen molar-refractivity contribution in [3.63, 3.8) is 0 Å². The van der Waals surface area contributed by atoms with Crippen molar-refractivity contribution in [1.82, 2.24) is 9.44 Å². The minimum absolute atomic E-state index is 0.0225. The van der Waals surface area contributed by atoms with E-state index in [-0.39, 0.29) is 22.3 Å². The van der Waals surface area contributed by atoms with Gasteiger partial charge in [-0.1, -0.05) is 87.7 Å². The molecular formula is C62H78Cl2N4O8S2. The van der Waals surface area contributed by atoms with Gasteiger partial charge in [0, 0.05) is 58.2 Å². The monoisotopic (exact) mass is 1140 g/mol. The molecule has 4 heterocycles. The number of nitrogens with one attached hydrogen (secondary N) is 2. The summed E-state index contributed by atoms with van der Waals surface area (Å²) in [5.41, 5.74) is 7.39. The predicted octanol–water partition coefficient (Wildman–Crippen LogP) is 12.2. The second-order valence-corrected chi connectivity index (χ2v) is 29.3. The van der Waals surface area contributed by atoms with Gasteiger partial charge in [-0.2, -0.15) is 0 Å².